The fourth-order valence-corrected chi connectivity index (χ4v) is 4.95. The van der Waals surface area contributed by atoms with Gasteiger partial charge in [0.25, 0.3) is 11.1 Å². The molecule has 4 heterocycles. The van der Waals surface area contributed by atoms with Crippen molar-refractivity contribution in [3.8, 4) is 10.8 Å². The van der Waals surface area contributed by atoms with Gasteiger partial charge in [-0.15, -0.1) is 32.9 Å². The minimum atomic E-state index is -0.248. The lowest BCUT2D eigenvalue weighted by atomic mass is 10.1. The van der Waals surface area contributed by atoms with E-state index < -0.39 is 0 Å². The molecule has 1 atom stereocenters. The third kappa shape index (κ3) is 3.13. The van der Waals surface area contributed by atoms with Gasteiger partial charge in [0.05, 0.1) is 10.1 Å². The van der Waals surface area contributed by atoms with E-state index in [1.54, 1.807) is 22.7 Å². The highest BCUT2D eigenvalue weighted by molar-refractivity contribution is 8.00. The number of thiophene rings is 2. The lowest BCUT2D eigenvalue weighted by Gasteiger charge is -2.28. The summed E-state index contributed by atoms with van der Waals surface area (Å²) in [7, 11) is 0. The number of hydrogen-bond donors (Lipinski definition) is 0. The van der Waals surface area contributed by atoms with Crippen LogP contribution in [-0.4, -0.2) is 32.8 Å². The number of thioether (sulfide) groups is 1. The van der Waals surface area contributed by atoms with Gasteiger partial charge in [-0.2, -0.15) is 0 Å². The predicted molar refractivity (Wildman–Crippen MR) is 96.4 cm³/mol. The van der Waals surface area contributed by atoms with Crippen LogP contribution in [0.15, 0.2) is 38.6 Å². The molecular weight excluding hydrogens is 362 g/mol. The molecule has 0 aromatic carbocycles. The molecule has 0 saturated carbocycles. The zero-order valence-electron chi connectivity index (χ0n) is 13.0. The zero-order valence-corrected chi connectivity index (χ0v) is 15.4. The molecule has 1 unspecified atom stereocenters. The van der Waals surface area contributed by atoms with Gasteiger partial charge in [-0.05, 0) is 41.8 Å². The maximum Gasteiger partial charge on any atom is 0.277 e. The van der Waals surface area contributed by atoms with E-state index in [1.165, 1.54) is 22.2 Å². The van der Waals surface area contributed by atoms with Crippen LogP contribution in [0.25, 0.3) is 10.8 Å². The van der Waals surface area contributed by atoms with Crippen LogP contribution in [0.3, 0.4) is 0 Å². The molecule has 5 nitrogen and oxygen atoms in total. The van der Waals surface area contributed by atoms with Gasteiger partial charge in [-0.3, -0.25) is 4.79 Å². The van der Waals surface area contributed by atoms with E-state index in [0.717, 1.165) is 17.8 Å². The minimum Gasteiger partial charge on any atom is -0.410 e. The third-order valence-corrected chi connectivity index (χ3v) is 6.69. The van der Waals surface area contributed by atoms with E-state index in [2.05, 4.69) is 21.6 Å². The molecule has 0 fully saturated rings. The quantitative estimate of drug-likeness (QED) is 0.645. The van der Waals surface area contributed by atoms with Crippen molar-refractivity contribution in [1.29, 1.82) is 0 Å². The van der Waals surface area contributed by atoms with Crippen molar-refractivity contribution in [2.75, 3.05) is 6.54 Å². The van der Waals surface area contributed by atoms with Gasteiger partial charge in [-0.1, -0.05) is 17.8 Å². The molecule has 1 aliphatic heterocycles. The van der Waals surface area contributed by atoms with Crippen LogP contribution >= 0.6 is 34.4 Å². The topological polar surface area (TPSA) is 59.2 Å². The number of nitrogens with zero attached hydrogens (tertiary/aromatic N) is 3. The first kappa shape index (κ1) is 15.9. The Balaban J connectivity index is 1.41. The highest BCUT2D eigenvalue weighted by Crippen LogP contribution is 2.30. The van der Waals surface area contributed by atoms with Gasteiger partial charge in [-0.25, -0.2) is 0 Å². The maximum absolute atomic E-state index is 12.7. The summed E-state index contributed by atoms with van der Waals surface area (Å²) in [6.45, 7) is 3.37. The van der Waals surface area contributed by atoms with Gasteiger partial charge >= 0.3 is 0 Å². The number of hydrogen-bond acceptors (Lipinski definition) is 7. The van der Waals surface area contributed by atoms with E-state index in [9.17, 15) is 4.79 Å². The molecule has 0 aliphatic carbocycles. The number of aromatic nitrogens is 2. The summed E-state index contributed by atoms with van der Waals surface area (Å²) in [4.78, 5) is 16.9. The number of fused-ring (bicyclic) bond motifs is 1. The summed E-state index contributed by atoms with van der Waals surface area (Å²) in [6, 6.07) is 5.99. The van der Waals surface area contributed by atoms with Crippen molar-refractivity contribution in [2.24, 2.45) is 0 Å². The van der Waals surface area contributed by atoms with Crippen molar-refractivity contribution >= 4 is 40.3 Å². The van der Waals surface area contributed by atoms with E-state index in [4.69, 9.17) is 4.42 Å². The molecule has 1 amide bonds. The highest BCUT2D eigenvalue weighted by Gasteiger charge is 2.27. The molecule has 24 heavy (non-hydrogen) atoms. The second-order valence-electron chi connectivity index (χ2n) is 5.49. The summed E-state index contributed by atoms with van der Waals surface area (Å²) >= 11 is 4.65. The van der Waals surface area contributed by atoms with Crippen LogP contribution in [-0.2, 0) is 17.8 Å². The van der Waals surface area contributed by atoms with E-state index in [-0.39, 0.29) is 11.2 Å². The Kier molecular flexibility index (Phi) is 4.43. The largest absolute Gasteiger partial charge is 0.410 e. The molecule has 0 N–H and O–H groups in total. The molecule has 1 aliphatic rings. The predicted octanol–water partition coefficient (Wildman–Crippen LogP) is 3.93. The summed E-state index contributed by atoms with van der Waals surface area (Å²) in [5, 5.41) is 12.4. The summed E-state index contributed by atoms with van der Waals surface area (Å²) in [6.07, 6.45) is 0.944. The molecule has 124 valence electrons. The summed E-state index contributed by atoms with van der Waals surface area (Å²) in [5.74, 6) is 0.626. The first-order chi connectivity index (χ1) is 11.7. The molecule has 8 heteroatoms. The minimum absolute atomic E-state index is 0.118. The van der Waals surface area contributed by atoms with Crippen molar-refractivity contribution in [3.63, 3.8) is 0 Å². The summed E-state index contributed by atoms with van der Waals surface area (Å²) < 4.78 is 5.66. The molecule has 0 bridgehead atoms. The van der Waals surface area contributed by atoms with Gasteiger partial charge in [0, 0.05) is 18.0 Å². The Hall–Kier alpha value is -1.64. The van der Waals surface area contributed by atoms with Gasteiger partial charge in [0.2, 0.25) is 5.91 Å². The smallest absolute Gasteiger partial charge is 0.277 e. The number of carbonyl (C=O) groups excluding carboxylic acids is 1. The SMILES string of the molecule is CC(Sc1nnc(-c2cccs2)o1)C(=O)N1CCc2sccc2C1. The Labute approximate surface area is 151 Å². The van der Waals surface area contributed by atoms with E-state index >= 15 is 0 Å². The Morgan fingerprint density at radius 3 is 3.08 bits per heavy atom. The Bertz CT molecular complexity index is 841. The fourth-order valence-electron chi connectivity index (χ4n) is 2.65. The van der Waals surface area contributed by atoms with Crippen molar-refractivity contribution in [1.82, 2.24) is 15.1 Å². The van der Waals surface area contributed by atoms with Crippen LogP contribution in [0.2, 0.25) is 0 Å². The normalized spacial score (nSPS) is 15.3. The van der Waals surface area contributed by atoms with Crippen molar-refractivity contribution in [2.45, 2.75) is 30.4 Å². The zero-order chi connectivity index (χ0) is 16.5. The van der Waals surface area contributed by atoms with Crippen LogP contribution < -0.4 is 0 Å². The standard InChI is InChI=1S/C16H15N3O2S3/c1-10(15(20)19-6-4-12-11(9-19)5-8-23-12)24-16-18-17-14(21-16)13-3-2-7-22-13/h2-3,5,7-8,10H,4,6,9H2,1H3. The average molecular weight is 378 g/mol. The molecule has 0 spiro atoms. The first-order valence-electron chi connectivity index (χ1n) is 7.59. The molecule has 3 aromatic heterocycles. The van der Waals surface area contributed by atoms with Crippen molar-refractivity contribution in [3.05, 3.63) is 39.4 Å². The van der Waals surface area contributed by atoms with Crippen molar-refractivity contribution < 1.29 is 9.21 Å². The van der Waals surface area contributed by atoms with E-state index in [1.807, 2.05) is 29.3 Å². The molecule has 0 radical (unpaired) electrons. The lowest BCUT2D eigenvalue weighted by Crippen LogP contribution is -2.39. The number of rotatable bonds is 4. The second kappa shape index (κ2) is 6.70. The first-order valence-corrected chi connectivity index (χ1v) is 10.2. The van der Waals surface area contributed by atoms with Crippen LogP contribution in [0.1, 0.15) is 17.4 Å². The lowest BCUT2D eigenvalue weighted by molar-refractivity contribution is -0.131. The molecular formula is C16H15N3O2S3. The van der Waals surface area contributed by atoms with Crippen LogP contribution in [0.4, 0.5) is 0 Å². The second-order valence-corrected chi connectivity index (χ2v) is 8.73. The number of amides is 1. The maximum atomic E-state index is 12.7. The average Bonchev–Trinajstić information content (AvgIpc) is 3.33. The highest BCUT2D eigenvalue weighted by atomic mass is 32.2. The molecule has 4 rings (SSSR count). The number of carbonyl (C=O) groups is 1. The van der Waals surface area contributed by atoms with Gasteiger partial charge in [0.15, 0.2) is 0 Å². The van der Waals surface area contributed by atoms with Crippen LogP contribution in [0, 0.1) is 0 Å². The summed E-state index contributed by atoms with van der Waals surface area (Å²) in [5.41, 5.74) is 1.27. The molecule has 0 saturated heterocycles. The van der Waals surface area contributed by atoms with Crippen LogP contribution in [0.5, 0.6) is 0 Å². The van der Waals surface area contributed by atoms with Gasteiger partial charge in [0.1, 0.15) is 0 Å². The van der Waals surface area contributed by atoms with Gasteiger partial charge < -0.3 is 9.32 Å². The fraction of sp³-hybridized carbons (Fsp3) is 0.312. The Morgan fingerprint density at radius 1 is 1.33 bits per heavy atom. The third-order valence-electron chi connectivity index (χ3n) is 3.88. The Morgan fingerprint density at radius 2 is 2.25 bits per heavy atom. The van der Waals surface area contributed by atoms with E-state index in [0.29, 0.717) is 17.7 Å². The molecule has 3 aromatic rings. The monoisotopic (exact) mass is 377 g/mol.